The summed E-state index contributed by atoms with van der Waals surface area (Å²) in [4.78, 5) is 24.4. The van der Waals surface area contributed by atoms with E-state index >= 15 is 0 Å². The van der Waals surface area contributed by atoms with Crippen LogP contribution in [-0.2, 0) is 9.53 Å². The first kappa shape index (κ1) is 18.3. The largest absolute Gasteiger partial charge is 0.452 e. The Morgan fingerprint density at radius 1 is 1.15 bits per heavy atom. The summed E-state index contributed by atoms with van der Waals surface area (Å²) >= 11 is 0. The first-order valence-corrected chi connectivity index (χ1v) is 8.20. The van der Waals surface area contributed by atoms with Crippen LogP contribution in [0, 0.1) is 19.7 Å². The number of carbonyl (C=O) groups excluding carboxylic acids is 2. The van der Waals surface area contributed by atoms with Crippen LogP contribution in [0.25, 0.3) is 11.3 Å². The molecule has 2 aromatic carbocycles. The van der Waals surface area contributed by atoms with Gasteiger partial charge in [-0.2, -0.15) is 0 Å². The molecule has 0 fully saturated rings. The summed E-state index contributed by atoms with van der Waals surface area (Å²) in [5, 5.41) is 6.38. The molecule has 3 rings (SSSR count). The van der Waals surface area contributed by atoms with Crippen molar-refractivity contribution in [3.63, 3.8) is 0 Å². The second-order valence-electron chi connectivity index (χ2n) is 5.92. The van der Waals surface area contributed by atoms with Gasteiger partial charge in [0.1, 0.15) is 22.8 Å². The predicted octanol–water partition coefficient (Wildman–Crippen LogP) is 3.89. The molecule has 0 aliphatic rings. The van der Waals surface area contributed by atoms with Gasteiger partial charge in [-0.15, -0.1) is 0 Å². The van der Waals surface area contributed by atoms with E-state index < -0.39 is 24.3 Å². The number of hydrogen-bond acceptors (Lipinski definition) is 5. The normalized spacial score (nSPS) is 10.5. The van der Waals surface area contributed by atoms with E-state index in [1.165, 1.54) is 6.07 Å². The van der Waals surface area contributed by atoms with Gasteiger partial charge in [0, 0.05) is 11.3 Å². The minimum absolute atomic E-state index is 0.162. The number of ether oxygens (including phenoxy) is 1. The fraction of sp³-hybridized carbons (Fsp3) is 0.150. The van der Waals surface area contributed by atoms with E-state index in [-0.39, 0.29) is 11.3 Å². The molecule has 0 spiro atoms. The van der Waals surface area contributed by atoms with Crippen molar-refractivity contribution < 1.29 is 23.2 Å². The number of esters is 1. The Kier molecular flexibility index (Phi) is 5.30. The van der Waals surface area contributed by atoms with Crippen LogP contribution in [0.4, 0.5) is 10.1 Å². The Hall–Kier alpha value is -3.48. The minimum atomic E-state index is -0.724. The molecule has 6 nitrogen and oxygen atoms in total. The summed E-state index contributed by atoms with van der Waals surface area (Å²) in [5.41, 5.74) is 1.96. The molecule has 1 heterocycles. The number of rotatable bonds is 5. The number of hydrogen-bond donors (Lipinski definition) is 1. The average Bonchev–Trinajstić information content (AvgIpc) is 3.05. The van der Waals surface area contributed by atoms with Gasteiger partial charge in [0.25, 0.3) is 5.91 Å². The Balaban J connectivity index is 1.67. The molecule has 27 heavy (non-hydrogen) atoms. The molecule has 0 aliphatic carbocycles. The van der Waals surface area contributed by atoms with Crippen LogP contribution in [0.15, 0.2) is 53.1 Å². The summed E-state index contributed by atoms with van der Waals surface area (Å²) in [6, 6.07) is 13.3. The Morgan fingerprint density at radius 2 is 1.89 bits per heavy atom. The second-order valence-corrected chi connectivity index (χ2v) is 5.92. The molecule has 0 atom stereocenters. The van der Waals surface area contributed by atoms with Gasteiger partial charge in [0.2, 0.25) is 0 Å². The fourth-order valence-corrected chi connectivity index (χ4v) is 2.48. The number of benzene rings is 2. The zero-order chi connectivity index (χ0) is 19.4. The molecule has 1 amide bonds. The number of nitrogens with zero attached hydrogens (tertiary/aromatic N) is 1. The number of halogens is 1. The molecule has 0 unspecified atom stereocenters. The van der Waals surface area contributed by atoms with E-state index in [4.69, 9.17) is 9.26 Å². The quantitative estimate of drug-likeness (QED) is 0.691. The highest BCUT2D eigenvalue weighted by Gasteiger charge is 2.23. The van der Waals surface area contributed by atoms with Gasteiger partial charge in [-0.3, -0.25) is 4.79 Å². The van der Waals surface area contributed by atoms with Crippen molar-refractivity contribution in [3.8, 4) is 11.3 Å². The molecule has 1 N–H and O–H groups in total. The highest BCUT2D eigenvalue weighted by molar-refractivity contribution is 5.99. The molecule has 1 aromatic heterocycles. The van der Waals surface area contributed by atoms with Gasteiger partial charge in [0.05, 0.1) is 0 Å². The van der Waals surface area contributed by atoms with Crippen molar-refractivity contribution in [2.24, 2.45) is 0 Å². The number of anilines is 1. The third kappa shape index (κ3) is 4.20. The van der Waals surface area contributed by atoms with Crippen LogP contribution in [0.3, 0.4) is 0 Å². The predicted molar refractivity (Wildman–Crippen MR) is 96.7 cm³/mol. The summed E-state index contributed by atoms with van der Waals surface area (Å²) in [5.74, 6) is -1.45. The van der Waals surface area contributed by atoms with E-state index in [1.54, 1.807) is 38.1 Å². The summed E-state index contributed by atoms with van der Waals surface area (Å²) in [6.07, 6.45) is 0. The monoisotopic (exact) mass is 368 g/mol. The van der Waals surface area contributed by atoms with Crippen molar-refractivity contribution in [2.75, 3.05) is 11.9 Å². The average molecular weight is 368 g/mol. The number of amides is 1. The lowest BCUT2D eigenvalue weighted by atomic mass is 10.1. The van der Waals surface area contributed by atoms with Crippen LogP contribution < -0.4 is 5.32 Å². The topological polar surface area (TPSA) is 81.4 Å². The van der Waals surface area contributed by atoms with Crippen LogP contribution >= 0.6 is 0 Å². The molecular weight excluding hydrogens is 351 g/mol. The molecule has 0 aliphatic heterocycles. The molecule has 3 aromatic rings. The van der Waals surface area contributed by atoms with Gasteiger partial charge in [-0.25, -0.2) is 9.18 Å². The molecule has 0 bridgehead atoms. The van der Waals surface area contributed by atoms with Gasteiger partial charge < -0.3 is 14.6 Å². The minimum Gasteiger partial charge on any atom is -0.452 e. The van der Waals surface area contributed by atoms with Gasteiger partial charge in [-0.1, -0.05) is 41.6 Å². The van der Waals surface area contributed by atoms with Gasteiger partial charge in [-0.05, 0) is 31.5 Å². The Labute approximate surface area is 154 Å². The van der Waals surface area contributed by atoms with Crippen molar-refractivity contribution in [1.29, 1.82) is 0 Å². The van der Waals surface area contributed by atoms with E-state index in [0.717, 1.165) is 0 Å². The van der Waals surface area contributed by atoms with Crippen LogP contribution in [0.5, 0.6) is 0 Å². The standard InChI is InChI=1S/C20H17FN2O4/c1-12-8-9-15(10-16(12)21)22-17(24)11-26-20(25)18-13(2)27-23-19(18)14-6-4-3-5-7-14/h3-10H,11H2,1-2H3,(H,22,24). The molecule has 0 saturated carbocycles. The molecule has 7 heteroatoms. The number of aryl methyl sites for hydroxylation is 2. The van der Waals surface area contributed by atoms with E-state index in [0.29, 0.717) is 22.6 Å². The number of carbonyl (C=O) groups is 2. The molecule has 138 valence electrons. The molecule has 0 saturated heterocycles. The zero-order valence-corrected chi connectivity index (χ0v) is 14.8. The lowest BCUT2D eigenvalue weighted by molar-refractivity contribution is -0.119. The van der Waals surface area contributed by atoms with Crippen molar-refractivity contribution >= 4 is 17.6 Å². The maximum absolute atomic E-state index is 13.5. The van der Waals surface area contributed by atoms with Crippen molar-refractivity contribution in [1.82, 2.24) is 5.16 Å². The van der Waals surface area contributed by atoms with E-state index in [9.17, 15) is 14.0 Å². The maximum atomic E-state index is 13.5. The molecule has 0 radical (unpaired) electrons. The third-order valence-corrected chi connectivity index (χ3v) is 3.90. The number of aromatic nitrogens is 1. The summed E-state index contributed by atoms with van der Waals surface area (Å²) in [6.45, 7) is 2.69. The van der Waals surface area contributed by atoms with E-state index in [1.807, 2.05) is 18.2 Å². The van der Waals surface area contributed by atoms with Crippen LogP contribution in [0.1, 0.15) is 21.7 Å². The highest BCUT2D eigenvalue weighted by atomic mass is 19.1. The summed E-state index contributed by atoms with van der Waals surface area (Å²) < 4.78 is 23.7. The first-order chi connectivity index (χ1) is 13.0. The lowest BCUT2D eigenvalue weighted by Gasteiger charge is -2.08. The van der Waals surface area contributed by atoms with Crippen LogP contribution in [0.2, 0.25) is 0 Å². The maximum Gasteiger partial charge on any atom is 0.344 e. The van der Waals surface area contributed by atoms with Crippen molar-refractivity contribution in [3.05, 3.63) is 71.2 Å². The fourth-order valence-electron chi connectivity index (χ4n) is 2.48. The second kappa shape index (κ2) is 7.82. The van der Waals surface area contributed by atoms with Gasteiger partial charge in [0.15, 0.2) is 6.61 Å². The van der Waals surface area contributed by atoms with Crippen molar-refractivity contribution in [2.45, 2.75) is 13.8 Å². The lowest BCUT2D eigenvalue weighted by Crippen LogP contribution is -2.21. The van der Waals surface area contributed by atoms with Crippen LogP contribution in [-0.4, -0.2) is 23.6 Å². The highest BCUT2D eigenvalue weighted by Crippen LogP contribution is 2.25. The number of nitrogens with one attached hydrogen (secondary N) is 1. The first-order valence-electron chi connectivity index (χ1n) is 8.20. The Morgan fingerprint density at radius 3 is 2.59 bits per heavy atom. The van der Waals surface area contributed by atoms with E-state index in [2.05, 4.69) is 10.5 Å². The Bertz CT molecular complexity index is 983. The van der Waals surface area contributed by atoms with Gasteiger partial charge >= 0.3 is 5.97 Å². The third-order valence-electron chi connectivity index (χ3n) is 3.90. The smallest absolute Gasteiger partial charge is 0.344 e. The zero-order valence-electron chi connectivity index (χ0n) is 14.8. The summed E-state index contributed by atoms with van der Waals surface area (Å²) in [7, 11) is 0. The molecular formula is C20H17FN2O4. The SMILES string of the molecule is Cc1ccc(NC(=O)COC(=O)c2c(-c3ccccc3)noc2C)cc1F.